The van der Waals surface area contributed by atoms with E-state index in [1.165, 1.54) is 0 Å². The maximum absolute atomic E-state index is 5.74. The van der Waals surface area contributed by atoms with Gasteiger partial charge in [0.25, 0.3) is 0 Å². The molecule has 1 atom stereocenters. The van der Waals surface area contributed by atoms with Crippen molar-refractivity contribution in [1.82, 2.24) is 10.1 Å². The highest BCUT2D eigenvalue weighted by Crippen LogP contribution is 2.25. The van der Waals surface area contributed by atoms with Crippen molar-refractivity contribution in [2.24, 2.45) is 0 Å². The van der Waals surface area contributed by atoms with Crippen LogP contribution in [0.15, 0.2) is 28.8 Å². The minimum absolute atomic E-state index is 0.503. The lowest BCUT2D eigenvalue weighted by Gasteiger charge is -2.21. The zero-order valence-corrected chi connectivity index (χ0v) is 11.5. The van der Waals surface area contributed by atoms with Gasteiger partial charge in [-0.15, -0.1) is 0 Å². The second-order valence-corrected chi connectivity index (χ2v) is 4.72. The van der Waals surface area contributed by atoms with Crippen LogP contribution in [0.1, 0.15) is 37.5 Å². The van der Waals surface area contributed by atoms with Gasteiger partial charge < -0.3 is 15.0 Å². The molecule has 1 unspecified atom stereocenters. The van der Waals surface area contributed by atoms with Crippen molar-refractivity contribution in [1.29, 1.82) is 0 Å². The molecule has 0 radical (unpaired) electrons. The van der Waals surface area contributed by atoms with E-state index in [9.17, 15) is 0 Å². The molecule has 0 bridgehead atoms. The molecule has 0 aliphatic heterocycles. The predicted octanol–water partition coefficient (Wildman–Crippen LogP) is 2.51. The number of hydrogen-bond donors (Lipinski definition) is 1. The lowest BCUT2D eigenvalue weighted by Crippen LogP contribution is -2.24. The van der Waals surface area contributed by atoms with E-state index in [1.807, 2.05) is 38.1 Å². The average Bonchev–Trinajstić information content (AvgIpc) is 2.87. The fourth-order valence-corrected chi connectivity index (χ4v) is 1.81. The molecule has 1 aromatic heterocycles. The van der Waals surface area contributed by atoms with Crippen molar-refractivity contribution in [3.63, 3.8) is 0 Å². The highest BCUT2D eigenvalue weighted by Gasteiger charge is 2.29. The summed E-state index contributed by atoms with van der Waals surface area (Å²) < 4.78 is 10.7. The summed E-state index contributed by atoms with van der Waals surface area (Å²) in [7, 11) is 1.65. The maximum atomic E-state index is 5.74. The zero-order chi connectivity index (χ0) is 13.9. The van der Waals surface area contributed by atoms with E-state index in [0.717, 1.165) is 17.7 Å². The van der Waals surface area contributed by atoms with Gasteiger partial charge >= 0.3 is 0 Å². The molecule has 0 saturated carbocycles. The van der Waals surface area contributed by atoms with E-state index in [4.69, 9.17) is 15.0 Å². The quantitative estimate of drug-likeness (QED) is 0.837. The highest BCUT2D eigenvalue weighted by atomic mass is 16.5. The van der Waals surface area contributed by atoms with Crippen LogP contribution in [0.2, 0.25) is 0 Å². The van der Waals surface area contributed by atoms with E-state index in [0.29, 0.717) is 18.1 Å². The standard InChI is InChI=1S/C14H19N3O2/c1-4-14(2,18-3)13-16-12(19-17-13)9-10-6-5-7-11(15)8-10/h5-8H,4,9,15H2,1-3H3. The van der Waals surface area contributed by atoms with Gasteiger partial charge in [-0.05, 0) is 31.0 Å². The van der Waals surface area contributed by atoms with Gasteiger partial charge in [0.2, 0.25) is 11.7 Å². The molecule has 5 nitrogen and oxygen atoms in total. The number of nitrogens with two attached hydrogens (primary N) is 1. The van der Waals surface area contributed by atoms with Crippen LogP contribution in [0.5, 0.6) is 0 Å². The van der Waals surface area contributed by atoms with Crippen LogP contribution in [0, 0.1) is 0 Å². The Morgan fingerprint density at radius 3 is 2.84 bits per heavy atom. The maximum Gasteiger partial charge on any atom is 0.231 e. The van der Waals surface area contributed by atoms with Gasteiger partial charge in [0, 0.05) is 12.8 Å². The van der Waals surface area contributed by atoms with Gasteiger partial charge in [-0.2, -0.15) is 4.98 Å². The number of aromatic nitrogens is 2. The normalized spacial score (nSPS) is 14.3. The molecule has 0 fully saturated rings. The lowest BCUT2D eigenvalue weighted by atomic mass is 10.0. The number of methoxy groups -OCH3 is 1. The summed E-state index contributed by atoms with van der Waals surface area (Å²) in [6, 6.07) is 7.64. The summed E-state index contributed by atoms with van der Waals surface area (Å²) in [5.74, 6) is 1.15. The van der Waals surface area contributed by atoms with E-state index < -0.39 is 5.60 Å². The topological polar surface area (TPSA) is 74.2 Å². The zero-order valence-electron chi connectivity index (χ0n) is 11.5. The number of nitrogen functional groups attached to an aromatic ring is 1. The molecular formula is C14H19N3O2. The van der Waals surface area contributed by atoms with Crippen LogP contribution in [0.3, 0.4) is 0 Å². The van der Waals surface area contributed by atoms with E-state index in [1.54, 1.807) is 7.11 Å². The summed E-state index contributed by atoms with van der Waals surface area (Å²) in [4.78, 5) is 4.41. The monoisotopic (exact) mass is 261 g/mol. The number of ether oxygens (including phenoxy) is 1. The van der Waals surface area contributed by atoms with Crippen molar-refractivity contribution >= 4 is 5.69 Å². The Balaban J connectivity index is 2.18. The highest BCUT2D eigenvalue weighted by molar-refractivity contribution is 5.41. The van der Waals surface area contributed by atoms with Gasteiger partial charge in [-0.1, -0.05) is 24.2 Å². The molecule has 0 aliphatic carbocycles. The summed E-state index contributed by atoms with van der Waals surface area (Å²) in [5, 5.41) is 4.01. The molecule has 2 rings (SSSR count). The van der Waals surface area contributed by atoms with E-state index in [-0.39, 0.29) is 0 Å². The smallest absolute Gasteiger partial charge is 0.231 e. The number of anilines is 1. The Hall–Kier alpha value is -1.88. The van der Waals surface area contributed by atoms with Crippen molar-refractivity contribution in [3.8, 4) is 0 Å². The van der Waals surface area contributed by atoms with Crippen LogP contribution >= 0.6 is 0 Å². The fraction of sp³-hybridized carbons (Fsp3) is 0.429. The molecular weight excluding hydrogens is 242 g/mol. The molecule has 5 heteroatoms. The Bertz CT molecular complexity index is 547. The SMILES string of the molecule is CCC(C)(OC)c1noc(Cc2cccc(N)c2)n1. The Labute approximate surface area is 112 Å². The van der Waals surface area contributed by atoms with E-state index in [2.05, 4.69) is 10.1 Å². The molecule has 2 aromatic rings. The summed E-state index contributed by atoms with van der Waals surface area (Å²) in [5.41, 5.74) is 7.02. The number of hydrogen-bond acceptors (Lipinski definition) is 5. The largest absolute Gasteiger partial charge is 0.399 e. The third kappa shape index (κ3) is 2.93. The van der Waals surface area contributed by atoms with Gasteiger partial charge in [0.05, 0.1) is 6.42 Å². The minimum atomic E-state index is -0.503. The first-order valence-corrected chi connectivity index (χ1v) is 6.30. The summed E-state index contributed by atoms with van der Waals surface area (Å²) in [6.07, 6.45) is 1.35. The van der Waals surface area contributed by atoms with E-state index >= 15 is 0 Å². The first-order chi connectivity index (χ1) is 9.07. The van der Waals surface area contributed by atoms with Gasteiger partial charge in [-0.25, -0.2) is 0 Å². The van der Waals surface area contributed by atoms with Gasteiger partial charge in [0.1, 0.15) is 5.60 Å². The first-order valence-electron chi connectivity index (χ1n) is 6.30. The molecule has 2 N–H and O–H groups in total. The molecule has 19 heavy (non-hydrogen) atoms. The number of rotatable bonds is 5. The molecule has 0 aliphatic rings. The Morgan fingerprint density at radius 2 is 2.21 bits per heavy atom. The van der Waals surface area contributed by atoms with Gasteiger partial charge in [0.15, 0.2) is 0 Å². The fourth-order valence-electron chi connectivity index (χ4n) is 1.81. The van der Waals surface area contributed by atoms with Gasteiger partial charge in [-0.3, -0.25) is 0 Å². The third-order valence-electron chi connectivity index (χ3n) is 3.37. The van der Waals surface area contributed by atoms with Crippen molar-refractivity contribution < 1.29 is 9.26 Å². The minimum Gasteiger partial charge on any atom is -0.399 e. The third-order valence-corrected chi connectivity index (χ3v) is 3.37. The average molecular weight is 261 g/mol. The second-order valence-electron chi connectivity index (χ2n) is 4.72. The summed E-state index contributed by atoms with van der Waals surface area (Å²) in [6.45, 7) is 3.97. The number of benzene rings is 1. The molecule has 102 valence electrons. The van der Waals surface area contributed by atoms with Crippen molar-refractivity contribution in [2.75, 3.05) is 12.8 Å². The second kappa shape index (κ2) is 5.40. The van der Waals surface area contributed by atoms with Crippen LogP contribution in [0.25, 0.3) is 0 Å². The van der Waals surface area contributed by atoms with Crippen LogP contribution in [-0.4, -0.2) is 17.3 Å². The summed E-state index contributed by atoms with van der Waals surface area (Å²) >= 11 is 0. The van der Waals surface area contributed by atoms with Crippen molar-refractivity contribution in [3.05, 3.63) is 41.5 Å². The predicted molar refractivity (Wildman–Crippen MR) is 72.6 cm³/mol. The molecule has 0 spiro atoms. The Kier molecular flexibility index (Phi) is 3.85. The Morgan fingerprint density at radius 1 is 1.42 bits per heavy atom. The molecule has 0 amide bonds. The van der Waals surface area contributed by atoms with Crippen LogP contribution in [0.4, 0.5) is 5.69 Å². The molecule has 1 aromatic carbocycles. The van der Waals surface area contributed by atoms with Crippen LogP contribution in [-0.2, 0) is 16.8 Å². The molecule has 0 saturated heterocycles. The van der Waals surface area contributed by atoms with Crippen molar-refractivity contribution in [2.45, 2.75) is 32.3 Å². The first kappa shape index (κ1) is 13.5. The molecule has 1 heterocycles. The number of nitrogens with zero attached hydrogens (tertiary/aromatic N) is 2. The van der Waals surface area contributed by atoms with Crippen LogP contribution < -0.4 is 5.73 Å². The lowest BCUT2D eigenvalue weighted by molar-refractivity contribution is -0.0106.